The summed E-state index contributed by atoms with van der Waals surface area (Å²) in [5.74, 6) is 0.955. The van der Waals surface area contributed by atoms with Crippen LogP contribution < -0.4 is 10.2 Å². The van der Waals surface area contributed by atoms with Crippen molar-refractivity contribution in [3.05, 3.63) is 54.2 Å². The molecule has 6 heteroatoms. The van der Waals surface area contributed by atoms with E-state index in [2.05, 4.69) is 39.2 Å². The Bertz CT molecular complexity index is 914. The standard InChI is InChI=1S/C21H24N4O2/c1-2-15-3-4-19-18(11-15)16(14-27-19)12-21(26)24-17-5-9-25(10-6-17)20-13-22-7-8-23-20/h3-4,7-8,11,13-14,17H,2,5-6,9-10,12H2,1H3,(H,24,26). The number of aromatic nitrogens is 2. The Morgan fingerprint density at radius 2 is 2.15 bits per heavy atom. The van der Waals surface area contributed by atoms with Crippen LogP contribution in [0.1, 0.15) is 30.9 Å². The van der Waals surface area contributed by atoms with Crippen LogP contribution in [-0.4, -0.2) is 35.0 Å². The van der Waals surface area contributed by atoms with Crippen LogP contribution in [0.3, 0.4) is 0 Å². The van der Waals surface area contributed by atoms with Crippen molar-refractivity contribution in [1.82, 2.24) is 15.3 Å². The lowest BCUT2D eigenvalue weighted by atomic mass is 10.0. The lowest BCUT2D eigenvalue weighted by molar-refractivity contribution is -0.121. The fourth-order valence-corrected chi connectivity index (χ4v) is 3.64. The number of nitrogens with zero attached hydrogens (tertiary/aromatic N) is 3. The van der Waals surface area contributed by atoms with Gasteiger partial charge in [-0.15, -0.1) is 0 Å². The minimum absolute atomic E-state index is 0.0533. The van der Waals surface area contributed by atoms with Crippen molar-refractivity contribution in [2.45, 2.75) is 38.6 Å². The van der Waals surface area contributed by atoms with Gasteiger partial charge in [0.25, 0.3) is 0 Å². The first-order valence-electron chi connectivity index (χ1n) is 9.52. The smallest absolute Gasteiger partial charge is 0.224 e. The molecule has 6 nitrogen and oxygen atoms in total. The first-order chi connectivity index (χ1) is 13.2. The van der Waals surface area contributed by atoms with E-state index in [4.69, 9.17) is 4.42 Å². The summed E-state index contributed by atoms with van der Waals surface area (Å²) in [6.45, 7) is 3.87. The zero-order chi connectivity index (χ0) is 18.6. The van der Waals surface area contributed by atoms with Crippen LogP contribution in [0.25, 0.3) is 11.0 Å². The van der Waals surface area contributed by atoms with Crippen molar-refractivity contribution < 1.29 is 9.21 Å². The Hall–Kier alpha value is -2.89. The highest BCUT2D eigenvalue weighted by Gasteiger charge is 2.22. The zero-order valence-corrected chi connectivity index (χ0v) is 15.5. The van der Waals surface area contributed by atoms with Crippen molar-refractivity contribution in [3.8, 4) is 0 Å². The molecule has 0 unspecified atom stereocenters. The van der Waals surface area contributed by atoms with Gasteiger partial charge in [0.15, 0.2) is 0 Å². The summed E-state index contributed by atoms with van der Waals surface area (Å²) >= 11 is 0. The number of anilines is 1. The molecule has 0 bridgehead atoms. The van der Waals surface area contributed by atoms with E-state index < -0.39 is 0 Å². The fraction of sp³-hybridized carbons (Fsp3) is 0.381. The van der Waals surface area contributed by atoms with Crippen LogP contribution >= 0.6 is 0 Å². The van der Waals surface area contributed by atoms with Crippen LogP contribution in [-0.2, 0) is 17.6 Å². The van der Waals surface area contributed by atoms with Gasteiger partial charge in [-0.2, -0.15) is 0 Å². The summed E-state index contributed by atoms with van der Waals surface area (Å²) in [5.41, 5.74) is 3.05. The fourth-order valence-electron chi connectivity index (χ4n) is 3.64. The second-order valence-electron chi connectivity index (χ2n) is 7.01. The van der Waals surface area contributed by atoms with E-state index in [0.29, 0.717) is 6.42 Å². The third kappa shape index (κ3) is 3.94. The highest BCUT2D eigenvalue weighted by molar-refractivity contribution is 5.88. The van der Waals surface area contributed by atoms with Gasteiger partial charge in [-0.05, 0) is 37.0 Å². The Balaban J connectivity index is 1.34. The summed E-state index contributed by atoms with van der Waals surface area (Å²) in [4.78, 5) is 23.2. The van der Waals surface area contributed by atoms with Gasteiger partial charge >= 0.3 is 0 Å². The number of benzene rings is 1. The highest BCUT2D eigenvalue weighted by Crippen LogP contribution is 2.23. The molecule has 27 heavy (non-hydrogen) atoms. The van der Waals surface area contributed by atoms with Crippen molar-refractivity contribution in [1.29, 1.82) is 0 Å². The molecule has 1 amide bonds. The van der Waals surface area contributed by atoms with Crippen molar-refractivity contribution in [2.24, 2.45) is 0 Å². The summed E-state index contributed by atoms with van der Waals surface area (Å²) < 4.78 is 5.60. The van der Waals surface area contributed by atoms with Gasteiger partial charge in [0.2, 0.25) is 5.91 Å². The number of hydrogen-bond donors (Lipinski definition) is 1. The average molecular weight is 364 g/mol. The molecular weight excluding hydrogens is 340 g/mol. The molecular formula is C21H24N4O2. The van der Waals surface area contributed by atoms with Gasteiger partial charge in [0, 0.05) is 42.5 Å². The minimum Gasteiger partial charge on any atom is -0.464 e. The number of furan rings is 1. The van der Waals surface area contributed by atoms with Crippen LogP contribution in [0, 0.1) is 0 Å². The molecule has 4 rings (SSSR count). The maximum Gasteiger partial charge on any atom is 0.224 e. The topological polar surface area (TPSA) is 71.3 Å². The second-order valence-corrected chi connectivity index (χ2v) is 7.01. The summed E-state index contributed by atoms with van der Waals surface area (Å²) in [6, 6.07) is 6.38. The van der Waals surface area contributed by atoms with E-state index in [1.807, 2.05) is 6.07 Å². The third-order valence-corrected chi connectivity index (χ3v) is 5.21. The number of carbonyl (C=O) groups is 1. The van der Waals surface area contributed by atoms with Crippen molar-refractivity contribution in [2.75, 3.05) is 18.0 Å². The number of carbonyl (C=O) groups excluding carboxylic acids is 1. The van der Waals surface area contributed by atoms with Gasteiger partial charge in [-0.3, -0.25) is 9.78 Å². The van der Waals surface area contributed by atoms with E-state index in [-0.39, 0.29) is 11.9 Å². The second kappa shape index (κ2) is 7.78. The Labute approximate surface area is 158 Å². The SMILES string of the molecule is CCc1ccc2occ(CC(=O)NC3CCN(c4cnccn4)CC3)c2c1. The number of rotatable bonds is 5. The van der Waals surface area contributed by atoms with Crippen molar-refractivity contribution in [3.63, 3.8) is 0 Å². The maximum atomic E-state index is 12.5. The molecule has 0 aliphatic carbocycles. The first kappa shape index (κ1) is 17.5. The minimum atomic E-state index is 0.0533. The largest absolute Gasteiger partial charge is 0.464 e. The number of nitrogens with one attached hydrogen (secondary N) is 1. The van der Waals surface area contributed by atoms with Gasteiger partial charge in [0.05, 0.1) is 18.9 Å². The molecule has 140 valence electrons. The molecule has 0 atom stereocenters. The Morgan fingerprint density at radius 3 is 2.89 bits per heavy atom. The number of aryl methyl sites for hydroxylation is 1. The quantitative estimate of drug-likeness (QED) is 0.753. The molecule has 1 aromatic carbocycles. The lowest BCUT2D eigenvalue weighted by Crippen LogP contribution is -2.45. The third-order valence-electron chi connectivity index (χ3n) is 5.21. The summed E-state index contributed by atoms with van der Waals surface area (Å²) in [5, 5.41) is 4.22. The number of hydrogen-bond acceptors (Lipinski definition) is 5. The predicted octanol–water partition coefficient (Wildman–Crippen LogP) is 3.11. The van der Waals surface area contributed by atoms with Crippen LogP contribution in [0.2, 0.25) is 0 Å². The van der Waals surface area contributed by atoms with Gasteiger partial charge < -0.3 is 14.6 Å². The monoisotopic (exact) mass is 364 g/mol. The molecule has 1 saturated heterocycles. The van der Waals surface area contributed by atoms with Crippen LogP contribution in [0.4, 0.5) is 5.82 Å². The van der Waals surface area contributed by atoms with E-state index in [9.17, 15) is 4.79 Å². The summed E-state index contributed by atoms with van der Waals surface area (Å²) in [6.07, 6.45) is 10.0. The van der Waals surface area contributed by atoms with Crippen molar-refractivity contribution >= 4 is 22.7 Å². The average Bonchev–Trinajstić information content (AvgIpc) is 3.11. The van der Waals surface area contributed by atoms with Gasteiger partial charge in [0.1, 0.15) is 11.4 Å². The highest BCUT2D eigenvalue weighted by atomic mass is 16.3. The molecule has 2 aromatic heterocycles. The van der Waals surface area contributed by atoms with Crippen LogP contribution in [0.15, 0.2) is 47.5 Å². The first-order valence-corrected chi connectivity index (χ1v) is 9.52. The van der Waals surface area contributed by atoms with Gasteiger partial charge in [-0.1, -0.05) is 13.0 Å². The van der Waals surface area contributed by atoms with E-state index in [0.717, 1.165) is 54.7 Å². The Morgan fingerprint density at radius 1 is 1.30 bits per heavy atom. The predicted molar refractivity (Wildman–Crippen MR) is 105 cm³/mol. The zero-order valence-electron chi connectivity index (χ0n) is 15.5. The molecule has 3 aromatic rings. The molecule has 1 N–H and O–H groups in total. The molecule has 1 fully saturated rings. The lowest BCUT2D eigenvalue weighted by Gasteiger charge is -2.32. The van der Waals surface area contributed by atoms with E-state index in [1.165, 1.54) is 5.56 Å². The molecule has 1 aliphatic rings. The Kier molecular flexibility index (Phi) is 5.05. The summed E-state index contributed by atoms with van der Waals surface area (Å²) in [7, 11) is 0. The number of piperidine rings is 1. The number of amides is 1. The normalized spacial score (nSPS) is 15.2. The molecule has 0 saturated carbocycles. The number of fused-ring (bicyclic) bond motifs is 1. The molecule has 3 heterocycles. The molecule has 0 radical (unpaired) electrons. The van der Waals surface area contributed by atoms with E-state index in [1.54, 1.807) is 24.9 Å². The maximum absolute atomic E-state index is 12.5. The van der Waals surface area contributed by atoms with Crippen LogP contribution in [0.5, 0.6) is 0 Å². The molecule has 0 spiro atoms. The molecule has 1 aliphatic heterocycles. The van der Waals surface area contributed by atoms with Gasteiger partial charge in [-0.25, -0.2) is 4.98 Å². The van der Waals surface area contributed by atoms with E-state index >= 15 is 0 Å².